The number of benzodiazepines with no additional fused rings is 1. The third kappa shape index (κ3) is 2.74. The lowest BCUT2D eigenvalue weighted by molar-refractivity contribution is -0.123. The highest BCUT2D eigenvalue weighted by Crippen LogP contribution is 2.24. The molecular weight excluding hydrogens is 278 g/mol. The van der Waals surface area contributed by atoms with E-state index in [1.807, 2.05) is 54.6 Å². The standard InChI is InChI=1S/C17H15N3O2/c18-15(21)10-14-17(22)20-13-9-5-4-8-12(13)16(19-14)11-6-2-1-3-7-11/h1-9,14H,10H2,(H2,18,21)(H,20,22)/t14-/m0/s1. The summed E-state index contributed by atoms with van der Waals surface area (Å²) < 4.78 is 0. The monoisotopic (exact) mass is 293 g/mol. The number of para-hydroxylation sites is 1. The first kappa shape index (κ1) is 14.0. The van der Waals surface area contributed by atoms with Gasteiger partial charge in [-0.25, -0.2) is 0 Å². The number of carbonyl (C=O) groups excluding carboxylic acids is 2. The SMILES string of the molecule is NC(=O)C[C@@H]1N=C(c2ccccc2)c2ccccc2NC1=O. The Morgan fingerprint density at radius 3 is 2.50 bits per heavy atom. The normalized spacial score (nSPS) is 17.0. The van der Waals surface area contributed by atoms with Crippen molar-refractivity contribution in [1.82, 2.24) is 0 Å². The Bertz CT molecular complexity index is 754. The average Bonchev–Trinajstić information content (AvgIpc) is 2.65. The fourth-order valence-corrected chi connectivity index (χ4v) is 2.45. The van der Waals surface area contributed by atoms with Crippen LogP contribution in [0.2, 0.25) is 0 Å². The van der Waals surface area contributed by atoms with Crippen molar-refractivity contribution in [2.75, 3.05) is 5.32 Å². The lowest BCUT2D eigenvalue weighted by Gasteiger charge is -2.09. The number of rotatable bonds is 3. The molecule has 1 heterocycles. The molecule has 22 heavy (non-hydrogen) atoms. The molecule has 3 N–H and O–H groups in total. The molecule has 0 fully saturated rings. The van der Waals surface area contributed by atoms with Crippen LogP contribution < -0.4 is 11.1 Å². The van der Waals surface area contributed by atoms with Crippen LogP contribution in [0.1, 0.15) is 17.5 Å². The molecule has 0 aromatic heterocycles. The van der Waals surface area contributed by atoms with Crippen molar-refractivity contribution < 1.29 is 9.59 Å². The van der Waals surface area contributed by atoms with E-state index in [0.717, 1.165) is 11.1 Å². The van der Waals surface area contributed by atoms with Crippen LogP contribution in [0.5, 0.6) is 0 Å². The zero-order valence-corrected chi connectivity index (χ0v) is 11.8. The first-order valence-corrected chi connectivity index (χ1v) is 6.97. The Labute approximate surface area is 127 Å². The third-order valence-corrected chi connectivity index (χ3v) is 3.47. The summed E-state index contributed by atoms with van der Waals surface area (Å²) in [7, 11) is 0. The van der Waals surface area contributed by atoms with Crippen LogP contribution in [0.15, 0.2) is 59.6 Å². The van der Waals surface area contributed by atoms with Crippen LogP contribution in [-0.2, 0) is 9.59 Å². The number of amides is 2. The summed E-state index contributed by atoms with van der Waals surface area (Å²) in [5, 5.41) is 2.82. The Morgan fingerprint density at radius 1 is 1.09 bits per heavy atom. The summed E-state index contributed by atoms with van der Waals surface area (Å²) in [6, 6.07) is 16.2. The number of hydrogen-bond acceptors (Lipinski definition) is 3. The fourth-order valence-electron chi connectivity index (χ4n) is 2.45. The van der Waals surface area contributed by atoms with Gasteiger partial charge in [0.2, 0.25) is 11.8 Å². The van der Waals surface area contributed by atoms with Crippen molar-refractivity contribution in [2.24, 2.45) is 10.7 Å². The van der Waals surface area contributed by atoms with E-state index in [4.69, 9.17) is 5.73 Å². The second-order valence-corrected chi connectivity index (χ2v) is 5.06. The van der Waals surface area contributed by atoms with Crippen molar-refractivity contribution in [1.29, 1.82) is 0 Å². The number of anilines is 1. The first-order valence-electron chi connectivity index (χ1n) is 6.97. The van der Waals surface area contributed by atoms with Gasteiger partial charge in [-0.05, 0) is 6.07 Å². The van der Waals surface area contributed by atoms with Crippen molar-refractivity contribution in [3.05, 3.63) is 65.7 Å². The number of primary amides is 1. The van der Waals surface area contributed by atoms with Crippen molar-refractivity contribution in [2.45, 2.75) is 12.5 Å². The topological polar surface area (TPSA) is 84.6 Å². The molecule has 0 saturated heterocycles. The molecule has 0 saturated carbocycles. The number of benzene rings is 2. The molecule has 1 aliphatic rings. The predicted molar refractivity (Wildman–Crippen MR) is 84.8 cm³/mol. The lowest BCUT2D eigenvalue weighted by Crippen LogP contribution is -2.30. The number of hydrogen-bond donors (Lipinski definition) is 2. The maximum atomic E-state index is 12.3. The van der Waals surface area contributed by atoms with Gasteiger partial charge in [0, 0.05) is 11.1 Å². The van der Waals surface area contributed by atoms with E-state index in [1.54, 1.807) is 0 Å². The average molecular weight is 293 g/mol. The van der Waals surface area contributed by atoms with E-state index >= 15 is 0 Å². The van der Waals surface area contributed by atoms with Crippen LogP contribution in [0.4, 0.5) is 5.69 Å². The molecule has 1 aliphatic heterocycles. The minimum atomic E-state index is -0.819. The highest BCUT2D eigenvalue weighted by molar-refractivity contribution is 6.19. The lowest BCUT2D eigenvalue weighted by atomic mass is 10.0. The Balaban J connectivity index is 2.15. The highest BCUT2D eigenvalue weighted by Gasteiger charge is 2.26. The smallest absolute Gasteiger partial charge is 0.249 e. The van der Waals surface area contributed by atoms with Gasteiger partial charge in [0.1, 0.15) is 6.04 Å². The molecule has 0 aliphatic carbocycles. The van der Waals surface area contributed by atoms with Gasteiger partial charge < -0.3 is 11.1 Å². The number of fused-ring (bicyclic) bond motifs is 1. The van der Waals surface area contributed by atoms with Gasteiger partial charge in [0.15, 0.2) is 0 Å². The number of nitrogens with one attached hydrogen (secondary N) is 1. The first-order chi connectivity index (χ1) is 10.6. The summed E-state index contributed by atoms with van der Waals surface area (Å²) in [5.41, 5.74) is 8.32. The van der Waals surface area contributed by atoms with Gasteiger partial charge in [-0.3, -0.25) is 14.6 Å². The van der Waals surface area contributed by atoms with Crippen LogP contribution in [0, 0.1) is 0 Å². The summed E-state index contributed by atoms with van der Waals surface area (Å²) in [5.74, 6) is -0.876. The number of carbonyl (C=O) groups is 2. The zero-order valence-electron chi connectivity index (χ0n) is 11.8. The Morgan fingerprint density at radius 2 is 1.77 bits per heavy atom. The van der Waals surface area contributed by atoms with E-state index in [0.29, 0.717) is 11.4 Å². The van der Waals surface area contributed by atoms with E-state index < -0.39 is 11.9 Å². The van der Waals surface area contributed by atoms with Gasteiger partial charge >= 0.3 is 0 Å². The Hall–Kier alpha value is -2.95. The highest BCUT2D eigenvalue weighted by atomic mass is 16.2. The number of aliphatic imine (C=N–C) groups is 1. The van der Waals surface area contributed by atoms with Gasteiger partial charge in [-0.15, -0.1) is 0 Å². The molecule has 3 rings (SSSR count). The van der Waals surface area contributed by atoms with Crippen molar-refractivity contribution in [3.63, 3.8) is 0 Å². The van der Waals surface area contributed by atoms with E-state index in [2.05, 4.69) is 10.3 Å². The van der Waals surface area contributed by atoms with E-state index in [1.165, 1.54) is 0 Å². The van der Waals surface area contributed by atoms with Crippen LogP contribution in [0.25, 0.3) is 0 Å². The number of nitrogens with two attached hydrogens (primary N) is 1. The summed E-state index contributed by atoms with van der Waals surface area (Å²) >= 11 is 0. The van der Waals surface area contributed by atoms with Crippen molar-refractivity contribution in [3.8, 4) is 0 Å². The minimum absolute atomic E-state index is 0.115. The molecule has 110 valence electrons. The van der Waals surface area contributed by atoms with Gasteiger partial charge in [-0.2, -0.15) is 0 Å². The Kier molecular flexibility index (Phi) is 3.70. The molecule has 5 heteroatoms. The molecule has 0 radical (unpaired) electrons. The number of nitrogens with zero attached hydrogens (tertiary/aromatic N) is 1. The third-order valence-electron chi connectivity index (χ3n) is 3.47. The molecule has 2 aromatic rings. The van der Waals surface area contributed by atoms with Gasteiger partial charge in [0.05, 0.1) is 17.8 Å². The molecule has 1 atom stereocenters. The maximum absolute atomic E-state index is 12.3. The zero-order chi connectivity index (χ0) is 15.5. The molecule has 0 bridgehead atoms. The fraction of sp³-hybridized carbons (Fsp3) is 0.118. The summed E-state index contributed by atoms with van der Waals surface area (Å²) in [6.07, 6.45) is -0.115. The van der Waals surface area contributed by atoms with Gasteiger partial charge in [0.25, 0.3) is 0 Å². The van der Waals surface area contributed by atoms with Gasteiger partial charge in [-0.1, -0.05) is 48.5 Å². The second kappa shape index (κ2) is 5.81. The van der Waals surface area contributed by atoms with Crippen molar-refractivity contribution >= 4 is 23.2 Å². The summed E-state index contributed by atoms with van der Waals surface area (Å²) in [6.45, 7) is 0. The minimum Gasteiger partial charge on any atom is -0.370 e. The molecular formula is C17H15N3O2. The molecule has 0 spiro atoms. The van der Waals surface area contributed by atoms with E-state index in [9.17, 15) is 9.59 Å². The molecule has 0 unspecified atom stereocenters. The maximum Gasteiger partial charge on any atom is 0.249 e. The quantitative estimate of drug-likeness (QED) is 0.903. The summed E-state index contributed by atoms with van der Waals surface area (Å²) in [4.78, 5) is 28.0. The molecule has 2 aromatic carbocycles. The predicted octanol–water partition coefficient (Wildman–Crippen LogP) is 1.72. The molecule has 5 nitrogen and oxygen atoms in total. The van der Waals surface area contributed by atoms with E-state index in [-0.39, 0.29) is 12.3 Å². The van der Waals surface area contributed by atoms with Crippen LogP contribution >= 0.6 is 0 Å². The second-order valence-electron chi connectivity index (χ2n) is 5.06. The van der Waals surface area contributed by atoms with Crippen LogP contribution in [0.3, 0.4) is 0 Å². The molecule has 2 amide bonds. The largest absolute Gasteiger partial charge is 0.370 e. The van der Waals surface area contributed by atoms with Crippen LogP contribution in [-0.4, -0.2) is 23.6 Å².